The summed E-state index contributed by atoms with van der Waals surface area (Å²) in [7, 11) is 1.48. The molecule has 1 aliphatic carbocycles. The van der Waals surface area contributed by atoms with E-state index in [0.717, 1.165) is 12.8 Å². The quantitative estimate of drug-likeness (QED) is 0.197. The van der Waals surface area contributed by atoms with Crippen LogP contribution in [0.1, 0.15) is 49.5 Å². The summed E-state index contributed by atoms with van der Waals surface area (Å²) in [6.07, 6.45) is 5.45. The number of nitrogens with zero attached hydrogens (tertiary/aromatic N) is 3. The molecule has 5 rings (SSSR count). The number of nitrogen functional groups attached to an aromatic ring is 1. The number of benzene rings is 1. The number of aromatic nitrogens is 2. The molecule has 1 aromatic carbocycles. The number of methoxy groups -OCH3 is 1. The van der Waals surface area contributed by atoms with Crippen molar-refractivity contribution in [2.75, 3.05) is 37.4 Å². The maximum Gasteiger partial charge on any atom is 0.166 e. The molecule has 0 unspecified atom stereocenters. The zero-order chi connectivity index (χ0) is 28.8. The van der Waals surface area contributed by atoms with E-state index in [2.05, 4.69) is 15.3 Å². The molecule has 0 bridgehead atoms. The summed E-state index contributed by atoms with van der Waals surface area (Å²) in [6.45, 7) is 5.45. The van der Waals surface area contributed by atoms with E-state index in [-0.39, 0.29) is 28.3 Å². The van der Waals surface area contributed by atoms with Crippen LogP contribution in [0.2, 0.25) is 10.0 Å². The van der Waals surface area contributed by atoms with Crippen LogP contribution in [-0.2, 0) is 0 Å². The number of halogens is 3. The van der Waals surface area contributed by atoms with Gasteiger partial charge >= 0.3 is 0 Å². The molecule has 1 atom stereocenters. The number of β-amino-alcohol motifs (C(OH)–C–C–N with tert-alkyl or cyclic N) is 1. The molecular weight excluding hydrogens is 558 g/mol. The van der Waals surface area contributed by atoms with Crippen molar-refractivity contribution in [3.05, 3.63) is 69.3 Å². The first-order valence-electron chi connectivity index (χ1n) is 12.8. The maximum absolute atomic E-state index is 15.2. The van der Waals surface area contributed by atoms with E-state index < -0.39 is 17.5 Å². The fourth-order valence-corrected chi connectivity index (χ4v) is 5.49. The molecule has 212 valence electrons. The number of ether oxygens (including phenoxy) is 2. The van der Waals surface area contributed by atoms with Gasteiger partial charge in [0.1, 0.15) is 6.10 Å². The van der Waals surface area contributed by atoms with Crippen LogP contribution in [0, 0.1) is 11.2 Å². The Morgan fingerprint density at radius 2 is 1.88 bits per heavy atom. The second-order valence-electron chi connectivity index (χ2n) is 10.8. The standard InChI is InChI=1S/C28H31Cl2FN6O3/c1-15(24-18(29)10-34-11-19(24)30)40-23-7-17(21(32)8-22(23)39-3)25(33)16-6-20(31)26(35-9-16)37-13-27(2,14-37)36-12-28(38)4-5-28/h6-11,15,33,36,38H,4-5,12-14,32H2,1-3H3/t15-/m1/s1. The fourth-order valence-electron chi connectivity index (χ4n) is 4.82. The summed E-state index contributed by atoms with van der Waals surface area (Å²) in [6, 6.07) is 4.40. The number of hydrogen-bond donors (Lipinski definition) is 4. The molecule has 1 saturated carbocycles. The van der Waals surface area contributed by atoms with Crippen molar-refractivity contribution in [2.24, 2.45) is 0 Å². The number of aliphatic hydroxyl groups is 1. The van der Waals surface area contributed by atoms with Crippen LogP contribution < -0.4 is 25.4 Å². The second kappa shape index (κ2) is 10.7. The normalized spacial score (nSPS) is 17.6. The lowest BCUT2D eigenvalue weighted by Gasteiger charge is -2.49. The highest BCUT2D eigenvalue weighted by molar-refractivity contribution is 6.35. The molecule has 0 radical (unpaired) electrons. The Morgan fingerprint density at radius 3 is 2.48 bits per heavy atom. The minimum atomic E-state index is -0.597. The first-order valence-corrected chi connectivity index (χ1v) is 13.6. The first kappa shape index (κ1) is 28.4. The lowest BCUT2D eigenvalue weighted by Crippen LogP contribution is -2.69. The van der Waals surface area contributed by atoms with Gasteiger partial charge in [-0.25, -0.2) is 9.37 Å². The Hall–Kier alpha value is -3.18. The molecule has 40 heavy (non-hydrogen) atoms. The van der Waals surface area contributed by atoms with E-state index in [1.807, 2.05) is 11.8 Å². The van der Waals surface area contributed by atoms with E-state index in [1.165, 1.54) is 31.8 Å². The molecular formula is C28H31Cl2FN6O3. The Kier molecular flexibility index (Phi) is 7.56. The van der Waals surface area contributed by atoms with Crippen LogP contribution in [0.15, 0.2) is 36.8 Å². The molecule has 2 aliphatic rings. The van der Waals surface area contributed by atoms with Gasteiger partial charge in [-0.05, 0) is 38.8 Å². The second-order valence-corrected chi connectivity index (χ2v) is 11.6. The van der Waals surface area contributed by atoms with Crippen LogP contribution in [0.25, 0.3) is 0 Å². The average molecular weight is 589 g/mol. The van der Waals surface area contributed by atoms with Gasteiger partial charge in [0.15, 0.2) is 23.1 Å². The Labute approximate surface area is 241 Å². The number of anilines is 2. The first-order chi connectivity index (χ1) is 18.9. The predicted molar refractivity (Wildman–Crippen MR) is 154 cm³/mol. The van der Waals surface area contributed by atoms with E-state index in [1.54, 1.807) is 19.1 Å². The molecule has 2 fully saturated rings. The van der Waals surface area contributed by atoms with Crippen molar-refractivity contribution in [2.45, 2.75) is 43.9 Å². The average Bonchev–Trinajstić information content (AvgIpc) is 3.63. The van der Waals surface area contributed by atoms with Gasteiger partial charge in [0.2, 0.25) is 0 Å². The van der Waals surface area contributed by atoms with Gasteiger partial charge < -0.3 is 30.5 Å². The molecule has 9 nitrogen and oxygen atoms in total. The zero-order valence-corrected chi connectivity index (χ0v) is 23.9. The number of rotatable bonds is 10. The number of nitrogens with one attached hydrogen (secondary N) is 2. The third kappa shape index (κ3) is 5.67. The van der Waals surface area contributed by atoms with Crippen LogP contribution in [-0.4, -0.2) is 58.7 Å². The topological polar surface area (TPSA) is 130 Å². The minimum absolute atomic E-state index is 0.0247. The van der Waals surface area contributed by atoms with E-state index in [9.17, 15) is 5.11 Å². The van der Waals surface area contributed by atoms with Gasteiger partial charge in [-0.15, -0.1) is 0 Å². The molecule has 5 N–H and O–H groups in total. The number of nitrogens with two attached hydrogens (primary N) is 1. The van der Waals surface area contributed by atoms with Crippen LogP contribution in [0.5, 0.6) is 11.5 Å². The van der Waals surface area contributed by atoms with Gasteiger partial charge in [-0.2, -0.15) is 0 Å². The molecule has 3 heterocycles. The lowest BCUT2D eigenvalue weighted by molar-refractivity contribution is 0.127. The van der Waals surface area contributed by atoms with E-state index in [4.69, 9.17) is 43.8 Å². The Bertz CT molecular complexity index is 1440. The molecule has 1 saturated heterocycles. The van der Waals surface area contributed by atoms with Crippen LogP contribution in [0.4, 0.5) is 15.9 Å². The Balaban J connectivity index is 1.33. The lowest BCUT2D eigenvalue weighted by atomic mass is 9.91. The highest BCUT2D eigenvalue weighted by Gasteiger charge is 2.45. The van der Waals surface area contributed by atoms with Crippen molar-refractivity contribution in [3.8, 4) is 11.5 Å². The monoisotopic (exact) mass is 588 g/mol. The summed E-state index contributed by atoms with van der Waals surface area (Å²) in [5.74, 6) is 0.336. The summed E-state index contributed by atoms with van der Waals surface area (Å²) in [5.41, 5.74) is 6.80. The van der Waals surface area contributed by atoms with Crippen LogP contribution in [0.3, 0.4) is 0 Å². The highest BCUT2D eigenvalue weighted by Crippen LogP contribution is 2.39. The summed E-state index contributed by atoms with van der Waals surface area (Å²) < 4.78 is 26.8. The third-order valence-corrected chi connectivity index (χ3v) is 7.97. The van der Waals surface area contributed by atoms with Gasteiger partial charge in [0.25, 0.3) is 0 Å². The van der Waals surface area contributed by atoms with Gasteiger partial charge in [0.05, 0.1) is 34.0 Å². The van der Waals surface area contributed by atoms with Crippen molar-refractivity contribution >= 4 is 40.4 Å². The zero-order valence-electron chi connectivity index (χ0n) is 22.4. The van der Waals surface area contributed by atoms with E-state index in [0.29, 0.717) is 52.3 Å². The maximum atomic E-state index is 15.2. The van der Waals surface area contributed by atoms with Crippen molar-refractivity contribution < 1.29 is 19.0 Å². The number of pyridine rings is 2. The minimum Gasteiger partial charge on any atom is -0.493 e. The molecule has 0 spiro atoms. The van der Waals surface area contributed by atoms with Gasteiger partial charge in [-0.1, -0.05) is 23.2 Å². The Morgan fingerprint density at radius 1 is 1.20 bits per heavy atom. The summed E-state index contributed by atoms with van der Waals surface area (Å²) >= 11 is 12.6. The molecule has 0 amide bonds. The van der Waals surface area contributed by atoms with E-state index >= 15 is 4.39 Å². The van der Waals surface area contributed by atoms with Crippen molar-refractivity contribution in [3.63, 3.8) is 0 Å². The predicted octanol–water partition coefficient (Wildman–Crippen LogP) is 4.76. The third-order valence-electron chi connectivity index (χ3n) is 7.37. The van der Waals surface area contributed by atoms with Gasteiger partial charge in [-0.3, -0.25) is 10.4 Å². The largest absolute Gasteiger partial charge is 0.493 e. The highest BCUT2D eigenvalue weighted by atomic mass is 35.5. The van der Waals surface area contributed by atoms with Crippen LogP contribution >= 0.6 is 23.2 Å². The van der Waals surface area contributed by atoms with Crippen molar-refractivity contribution in [1.82, 2.24) is 15.3 Å². The summed E-state index contributed by atoms with van der Waals surface area (Å²) in [5, 5.41) is 23.0. The molecule has 12 heteroatoms. The number of hydrogen-bond acceptors (Lipinski definition) is 9. The smallest absolute Gasteiger partial charge is 0.166 e. The molecule has 3 aromatic rings. The van der Waals surface area contributed by atoms with Gasteiger partial charge in [0, 0.05) is 66.7 Å². The SMILES string of the molecule is COc1cc(N)c(C(=N)c2cnc(N3CC(C)(NCC4(O)CC4)C3)c(F)c2)cc1O[C@H](C)c1c(Cl)cncc1Cl. The van der Waals surface area contributed by atoms with Crippen molar-refractivity contribution in [1.29, 1.82) is 5.41 Å². The molecule has 2 aromatic heterocycles. The summed E-state index contributed by atoms with van der Waals surface area (Å²) in [4.78, 5) is 10.1. The molecule has 1 aliphatic heterocycles. The fraction of sp³-hybridized carbons (Fsp3) is 0.393.